The van der Waals surface area contributed by atoms with E-state index in [0.717, 1.165) is 16.8 Å². The van der Waals surface area contributed by atoms with E-state index in [1.165, 1.54) is 0 Å². The molecule has 5 heteroatoms. The number of benzene rings is 1. The third kappa shape index (κ3) is 2.66. The lowest BCUT2D eigenvalue weighted by molar-refractivity contribution is 0.185. The van der Waals surface area contributed by atoms with Gasteiger partial charge in [0.25, 0.3) is 0 Å². The van der Waals surface area contributed by atoms with E-state index in [9.17, 15) is 0 Å². The van der Waals surface area contributed by atoms with E-state index in [4.69, 9.17) is 22.1 Å². The maximum Gasteiger partial charge on any atom is 0.141 e. The minimum atomic E-state index is 0.509. The predicted molar refractivity (Wildman–Crippen MR) is 72.6 cm³/mol. The molecule has 2 rings (SSSR count). The van der Waals surface area contributed by atoms with Gasteiger partial charge in [0.2, 0.25) is 0 Å². The molecule has 0 atom stereocenters. The van der Waals surface area contributed by atoms with Gasteiger partial charge >= 0.3 is 0 Å². The number of methoxy groups -OCH3 is 1. The molecule has 4 nitrogen and oxygen atoms in total. The first-order valence-electron chi connectivity index (χ1n) is 5.67. The van der Waals surface area contributed by atoms with Gasteiger partial charge in [-0.2, -0.15) is 5.10 Å². The van der Waals surface area contributed by atoms with Crippen LogP contribution in [0.3, 0.4) is 0 Å². The number of aromatic nitrogens is 2. The van der Waals surface area contributed by atoms with Crippen molar-refractivity contribution in [2.24, 2.45) is 0 Å². The number of rotatable bonds is 4. The molecule has 1 aromatic carbocycles. The van der Waals surface area contributed by atoms with Crippen LogP contribution in [0.2, 0.25) is 5.02 Å². The molecule has 0 radical (unpaired) electrons. The van der Waals surface area contributed by atoms with E-state index in [2.05, 4.69) is 5.10 Å². The van der Waals surface area contributed by atoms with E-state index >= 15 is 0 Å². The Labute approximate surface area is 111 Å². The summed E-state index contributed by atoms with van der Waals surface area (Å²) in [6, 6.07) is 8.15. The van der Waals surface area contributed by atoms with E-state index in [1.807, 2.05) is 31.2 Å². The van der Waals surface area contributed by atoms with Crippen molar-refractivity contribution >= 4 is 17.4 Å². The summed E-state index contributed by atoms with van der Waals surface area (Å²) >= 11 is 6.01. The fraction of sp³-hybridized carbons (Fsp3) is 0.308. The second-order valence-corrected chi connectivity index (χ2v) is 4.57. The summed E-state index contributed by atoms with van der Waals surface area (Å²) in [5.74, 6) is 0.509. The van der Waals surface area contributed by atoms with Gasteiger partial charge in [0.15, 0.2) is 0 Å². The standard InChI is InChI=1S/C13H16ClN3O/c1-9-12(14)13(15)17(16-9)7-10-3-5-11(6-4-10)8-18-2/h3-6H,7-8,15H2,1-2H3. The molecule has 0 aliphatic rings. The van der Waals surface area contributed by atoms with Crippen molar-refractivity contribution in [1.82, 2.24) is 9.78 Å². The average molecular weight is 266 g/mol. The Morgan fingerprint density at radius 3 is 2.39 bits per heavy atom. The van der Waals surface area contributed by atoms with E-state index in [-0.39, 0.29) is 0 Å². The third-order valence-electron chi connectivity index (χ3n) is 2.76. The van der Waals surface area contributed by atoms with Crippen LogP contribution in [0.15, 0.2) is 24.3 Å². The monoisotopic (exact) mass is 265 g/mol. The molecule has 2 N–H and O–H groups in total. The highest BCUT2D eigenvalue weighted by Gasteiger charge is 2.10. The second-order valence-electron chi connectivity index (χ2n) is 4.19. The Morgan fingerprint density at radius 2 is 1.89 bits per heavy atom. The van der Waals surface area contributed by atoms with Crippen LogP contribution in [0, 0.1) is 6.92 Å². The Balaban J connectivity index is 2.15. The average Bonchev–Trinajstić information content (AvgIpc) is 2.60. The lowest BCUT2D eigenvalue weighted by Crippen LogP contribution is -2.06. The lowest BCUT2D eigenvalue weighted by atomic mass is 10.1. The summed E-state index contributed by atoms with van der Waals surface area (Å²) < 4.78 is 6.78. The van der Waals surface area contributed by atoms with Gasteiger partial charge in [0.05, 0.1) is 18.8 Å². The molecule has 0 aliphatic heterocycles. The number of hydrogen-bond acceptors (Lipinski definition) is 3. The molecule has 0 aliphatic carbocycles. The SMILES string of the molecule is COCc1ccc(Cn2nc(C)c(Cl)c2N)cc1. The first kappa shape index (κ1) is 12.9. The molecular formula is C13H16ClN3O. The predicted octanol–water partition coefficient (Wildman–Crippen LogP) is 2.62. The van der Waals surface area contributed by atoms with Crippen molar-refractivity contribution in [3.05, 3.63) is 46.1 Å². The molecule has 96 valence electrons. The number of nitrogens with zero attached hydrogens (tertiary/aromatic N) is 2. The quantitative estimate of drug-likeness (QED) is 0.925. The van der Waals surface area contributed by atoms with Crippen molar-refractivity contribution in [1.29, 1.82) is 0 Å². The summed E-state index contributed by atoms with van der Waals surface area (Å²) in [4.78, 5) is 0. The number of halogens is 1. The van der Waals surface area contributed by atoms with Crippen LogP contribution in [0.25, 0.3) is 0 Å². The zero-order chi connectivity index (χ0) is 13.1. The van der Waals surface area contributed by atoms with Crippen LogP contribution < -0.4 is 5.73 Å². The van der Waals surface area contributed by atoms with Crippen LogP contribution in [0.4, 0.5) is 5.82 Å². The Hall–Kier alpha value is -1.52. The van der Waals surface area contributed by atoms with Crippen LogP contribution in [0.1, 0.15) is 16.8 Å². The van der Waals surface area contributed by atoms with E-state index < -0.39 is 0 Å². The Kier molecular flexibility index (Phi) is 3.89. The molecule has 0 spiro atoms. The van der Waals surface area contributed by atoms with Crippen LogP contribution in [-0.4, -0.2) is 16.9 Å². The van der Waals surface area contributed by atoms with Crippen LogP contribution >= 0.6 is 11.6 Å². The van der Waals surface area contributed by atoms with Crippen molar-refractivity contribution < 1.29 is 4.74 Å². The molecule has 0 amide bonds. The molecule has 0 unspecified atom stereocenters. The summed E-state index contributed by atoms with van der Waals surface area (Å²) in [7, 11) is 1.68. The number of ether oxygens (including phenoxy) is 1. The van der Waals surface area contributed by atoms with Gasteiger partial charge in [-0.3, -0.25) is 0 Å². The lowest BCUT2D eigenvalue weighted by Gasteiger charge is -2.05. The minimum Gasteiger partial charge on any atom is -0.383 e. The molecule has 0 saturated carbocycles. The third-order valence-corrected chi connectivity index (χ3v) is 3.22. The van der Waals surface area contributed by atoms with Gasteiger partial charge in [0.1, 0.15) is 10.8 Å². The topological polar surface area (TPSA) is 53.1 Å². The highest BCUT2D eigenvalue weighted by atomic mass is 35.5. The zero-order valence-corrected chi connectivity index (χ0v) is 11.2. The molecule has 0 fully saturated rings. The molecule has 1 heterocycles. The first-order chi connectivity index (χ1) is 8.61. The highest BCUT2D eigenvalue weighted by molar-refractivity contribution is 6.33. The van der Waals surface area contributed by atoms with Gasteiger partial charge in [0, 0.05) is 7.11 Å². The van der Waals surface area contributed by atoms with Crippen molar-refractivity contribution in [3.63, 3.8) is 0 Å². The van der Waals surface area contributed by atoms with Crippen molar-refractivity contribution in [3.8, 4) is 0 Å². The minimum absolute atomic E-state index is 0.509. The van der Waals surface area contributed by atoms with Crippen molar-refractivity contribution in [2.75, 3.05) is 12.8 Å². The van der Waals surface area contributed by atoms with Gasteiger partial charge in [-0.05, 0) is 18.1 Å². The van der Waals surface area contributed by atoms with E-state index in [0.29, 0.717) is 24.0 Å². The highest BCUT2D eigenvalue weighted by Crippen LogP contribution is 2.22. The summed E-state index contributed by atoms with van der Waals surface area (Å²) in [5, 5.41) is 4.83. The number of nitrogens with two attached hydrogens (primary N) is 1. The summed E-state index contributed by atoms with van der Waals surface area (Å²) in [6.07, 6.45) is 0. The normalized spacial score (nSPS) is 10.8. The van der Waals surface area contributed by atoms with E-state index in [1.54, 1.807) is 11.8 Å². The van der Waals surface area contributed by atoms with Gasteiger partial charge in [-0.25, -0.2) is 4.68 Å². The fourth-order valence-corrected chi connectivity index (χ4v) is 1.91. The fourth-order valence-electron chi connectivity index (χ4n) is 1.78. The van der Waals surface area contributed by atoms with Gasteiger partial charge in [-0.15, -0.1) is 0 Å². The maximum atomic E-state index is 6.01. The Morgan fingerprint density at radius 1 is 1.28 bits per heavy atom. The molecule has 0 bridgehead atoms. The molecule has 2 aromatic rings. The number of nitrogen functional groups attached to an aromatic ring is 1. The number of anilines is 1. The largest absolute Gasteiger partial charge is 0.383 e. The molecule has 0 saturated heterocycles. The maximum absolute atomic E-state index is 6.01. The first-order valence-corrected chi connectivity index (χ1v) is 6.04. The number of aryl methyl sites for hydroxylation is 1. The van der Waals surface area contributed by atoms with Gasteiger partial charge in [-0.1, -0.05) is 35.9 Å². The van der Waals surface area contributed by atoms with Crippen LogP contribution in [-0.2, 0) is 17.9 Å². The second kappa shape index (κ2) is 5.42. The van der Waals surface area contributed by atoms with Crippen molar-refractivity contribution in [2.45, 2.75) is 20.1 Å². The smallest absolute Gasteiger partial charge is 0.141 e. The zero-order valence-electron chi connectivity index (χ0n) is 10.5. The molecular weight excluding hydrogens is 250 g/mol. The Bertz CT molecular complexity index is 534. The van der Waals surface area contributed by atoms with Crippen LogP contribution in [0.5, 0.6) is 0 Å². The van der Waals surface area contributed by atoms with Gasteiger partial charge < -0.3 is 10.5 Å². The summed E-state index contributed by atoms with van der Waals surface area (Å²) in [5.41, 5.74) is 8.90. The number of hydrogen-bond donors (Lipinski definition) is 1. The summed E-state index contributed by atoms with van der Waals surface area (Å²) in [6.45, 7) is 3.08. The molecule has 18 heavy (non-hydrogen) atoms. The molecule has 1 aromatic heterocycles.